The number of hydrazone groups is 1. The molecule has 4 nitrogen and oxygen atoms in total. The summed E-state index contributed by atoms with van der Waals surface area (Å²) in [6.07, 6.45) is 1.49. The second-order valence-electron chi connectivity index (χ2n) is 4.63. The topological polar surface area (TPSA) is 64.9 Å². The van der Waals surface area contributed by atoms with E-state index in [2.05, 4.69) is 42.4 Å². The first-order chi connectivity index (χ1) is 9.90. The van der Waals surface area contributed by atoms with Crippen LogP contribution < -0.4 is 5.43 Å². The van der Waals surface area contributed by atoms with Crippen molar-refractivity contribution in [3.05, 3.63) is 49.9 Å². The summed E-state index contributed by atoms with van der Waals surface area (Å²) in [7, 11) is 0. The third-order valence-electron chi connectivity index (χ3n) is 3.10. The van der Waals surface area contributed by atoms with Crippen LogP contribution >= 0.6 is 31.9 Å². The number of phenolic OH excluding ortho intramolecular Hbond substituents is 2. The molecule has 0 aromatic heterocycles. The van der Waals surface area contributed by atoms with Crippen LogP contribution in [0.4, 0.5) is 5.69 Å². The molecule has 0 fully saturated rings. The average molecular weight is 414 g/mol. The Morgan fingerprint density at radius 3 is 2.43 bits per heavy atom. The summed E-state index contributed by atoms with van der Waals surface area (Å²) in [5.41, 5.74) is 6.64. The molecule has 0 heterocycles. The quantitative estimate of drug-likeness (QED) is 0.505. The highest BCUT2D eigenvalue weighted by atomic mass is 79.9. The normalized spacial score (nSPS) is 11.0. The molecule has 2 rings (SSSR count). The number of hydrogen-bond donors (Lipinski definition) is 3. The summed E-state index contributed by atoms with van der Waals surface area (Å²) in [6.45, 7) is 4.08. The van der Waals surface area contributed by atoms with Crippen LogP contribution in [0.15, 0.2) is 38.3 Å². The van der Waals surface area contributed by atoms with Crippen LogP contribution in [0.5, 0.6) is 11.5 Å². The number of anilines is 1. The second kappa shape index (κ2) is 6.49. The van der Waals surface area contributed by atoms with Crippen molar-refractivity contribution >= 4 is 43.8 Å². The van der Waals surface area contributed by atoms with Gasteiger partial charge in [0.15, 0.2) is 0 Å². The molecule has 0 radical (unpaired) electrons. The molecule has 0 saturated carbocycles. The summed E-state index contributed by atoms with van der Waals surface area (Å²) in [4.78, 5) is 0. The molecule has 0 spiro atoms. The fourth-order valence-corrected chi connectivity index (χ4v) is 2.86. The number of halogens is 2. The number of nitrogens with one attached hydrogen (secondary N) is 1. The van der Waals surface area contributed by atoms with Crippen LogP contribution in [0.25, 0.3) is 0 Å². The number of rotatable bonds is 3. The highest BCUT2D eigenvalue weighted by molar-refractivity contribution is 9.11. The Balaban J connectivity index is 2.20. The maximum Gasteiger partial charge on any atom is 0.147 e. The van der Waals surface area contributed by atoms with E-state index in [4.69, 9.17) is 0 Å². The van der Waals surface area contributed by atoms with Crippen molar-refractivity contribution in [3.63, 3.8) is 0 Å². The molecule has 0 amide bonds. The molecule has 0 aliphatic carbocycles. The first-order valence-electron chi connectivity index (χ1n) is 6.16. The van der Waals surface area contributed by atoms with Crippen molar-refractivity contribution in [2.45, 2.75) is 13.8 Å². The molecular weight excluding hydrogens is 400 g/mol. The predicted molar refractivity (Wildman–Crippen MR) is 92.3 cm³/mol. The van der Waals surface area contributed by atoms with Gasteiger partial charge < -0.3 is 10.2 Å². The second-order valence-corrected chi connectivity index (χ2v) is 6.28. The van der Waals surface area contributed by atoms with Gasteiger partial charge in [-0.25, -0.2) is 0 Å². The smallest absolute Gasteiger partial charge is 0.147 e. The van der Waals surface area contributed by atoms with Gasteiger partial charge in [0.05, 0.1) is 16.4 Å². The van der Waals surface area contributed by atoms with Crippen LogP contribution in [-0.4, -0.2) is 16.4 Å². The minimum Gasteiger partial charge on any atom is -0.506 e. The molecule has 6 heteroatoms. The van der Waals surface area contributed by atoms with Gasteiger partial charge in [0.25, 0.3) is 0 Å². The van der Waals surface area contributed by atoms with Crippen LogP contribution in [0.2, 0.25) is 0 Å². The highest BCUT2D eigenvalue weighted by Crippen LogP contribution is 2.40. The van der Waals surface area contributed by atoms with E-state index in [0.717, 1.165) is 5.69 Å². The van der Waals surface area contributed by atoms with Crippen LogP contribution in [0.3, 0.4) is 0 Å². The van der Waals surface area contributed by atoms with Crippen molar-refractivity contribution in [3.8, 4) is 11.5 Å². The lowest BCUT2D eigenvalue weighted by molar-refractivity contribution is 0.442. The standard InChI is InChI=1S/C15H14Br2N2O2/c1-8-3-4-11(5-9(8)2)19-18-7-10-6-12(16)15(21)13(17)14(10)20/h3-7,19-21H,1-2H3/b18-7+. The highest BCUT2D eigenvalue weighted by Gasteiger charge is 2.12. The van der Waals surface area contributed by atoms with E-state index >= 15 is 0 Å². The fourth-order valence-electron chi connectivity index (χ4n) is 1.70. The summed E-state index contributed by atoms with van der Waals surface area (Å²) in [5, 5.41) is 23.7. The van der Waals surface area contributed by atoms with E-state index in [1.165, 1.54) is 17.3 Å². The maximum absolute atomic E-state index is 9.93. The molecule has 2 aromatic rings. The summed E-state index contributed by atoms with van der Waals surface area (Å²) in [6, 6.07) is 7.52. The van der Waals surface area contributed by atoms with Crippen LogP contribution in [0.1, 0.15) is 16.7 Å². The van der Waals surface area contributed by atoms with Crippen molar-refractivity contribution < 1.29 is 10.2 Å². The first-order valence-corrected chi connectivity index (χ1v) is 7.75. The Bertz CT molecular complexity index is 715. The van der Waals surface area contributed by atoms with Gasteiger partial charge in [0.1, 0.15) is 16.0 Å². The van der Waals surface area contributed by atoms with Crippen LogP contribution in [-0.2, 0) is 0 Å². The van der Waals surface area contributed by atoms with E-state index in [1.54, 1.807) is 6.07 Å². The monoisotopic (exact) mass is 412 g/mol. The number of phenols is 2. The minimum atomic E-state index is -0.0682. The van der Waals surface area contributed by atoms with Gasteiger partial charge in [-0.2, -0.15) is 5.10 Å². The fraction of sp³-hybridized carbons (Fsp3) is 0.133. The Labute approximate surface area is 139 Å². The molecular formula is C15H14Br2N2O2. The predicted octanol–water partition coefficient (Wildman–Crippen LogP) is 4.69. The number of aromatic hydroxyl groups is 2. The van der Waals surface area contributed by atoms with E-state index in [0.29, 0.717) is 10.0 Å². The minimum absolute atomic E-state index is 0.0493. The van der Waals surface area contributed by atoms with Gasteiger partial charge in [-0.3, -0.25) is 5.43 Å². The zero-order valence-corrected chi connectivity index (χ0v) is 14.7. The van der Waals surface area contributed by atoms with E-state index < -0.39 is 0 Å². The number of nitrogens with zero attached hydrogens (tertiary/aromatic N) is 1. The summed E-state index contributed by atoms with van der Waals surface area (Å²) >= 11 is 6.34. The van der Waals surface area contributed by atoms with E-state index in [1.807, 2.05) is 32.0 Å². The third kappa shape index (κ3) is 3.57. The Kier molecular flexibility index (Phi) is 4.90. The summed E-state index contributed by atoms with van der Waals surface area (Å²) < 4.78 is 0.698. The maximum atomic E-state index is 9.93. The van der Waals surface area contributed by atoms with Crippen molar-refractivity contribution in [1.29, 1.82) is 0 Å². The van der Waals surface area contributed by atoms with Crippen molar-refractivity contribution in [1.82, 2.24) is 0 Å². The number of benzene rings is 2. The lowest BCUT2D eigenvalue weighted by Gasteiger charge is -2.07. The Morgan fingerprint density at radius 1 is 1.05 bits per heavy atom. The lowest BCUT2D eigenvalue weighted by Crippen LogP contribution is -1.93. The zero-order valence-electron chi connectivity index (χ0n) is 11.5. The largest absolute Gasteiger partial charge is 0.506 e. The lowest BCUT2D eigenvalue weighted by atomic mass is 10.1. The van der Waals surface area contributed by atoms with Gasteiger partial charge in [-0.05, 0) is 75.0 Å². The molecule has 0 atom stereocenters. The first kappa shape index (κ1) is 15.9. The molecule has 0 saturated heterocycles. The summed E-state index contributed by atoms with van der Waals surface area (Å²) in [5.74, 6) is -0.117. The number of hydrogen-bond acceptors (Lipinski definition) is 4. The van der Waals surface area contributed by atoms with Gasteiger partial charge in [0, 0.05) is 5.56 Å². The molecule has 0 aliphatic rings. The van der Waals surface area contributed by atoms with Gasteiger partial charge in [0.2, 0.25) is 0 Å². The van der Waals surface area contributed by atoms with Gasteiger partial charge >= 0.3 is 0 Å². The molecule has 2 aromatic carbocycles. The number of aryl methyl sites for hydroxylation is 2. The molecule has 21 heavy (non-hydrogen) atoms. The van der Waals surface area contributed by atoms with E-state index in [9.17, 15) is 10.2 Å². The van der Waals surface area contributed by atoms with Gasteiger partial charge in [-0.1, -0.05) is 6.07 Å². The SMILES string of the molecule is Cc1ccc(N/N=C/c2cc(Br)c(O)c(Br)c2O)cc1C. The Hall–Kier alpha value is -1.53. The van der Waals surface area contributed by atoms with E-state index in [-0.39, 0.29) is 16.0 Å². The molecule has 0 aliphatic heterocycles. The Morgan fingerprint density at radius 2 is 1.76 bits per heavy atom. The van der Waals surface area contributed by atoms with Crippen molar-refractivity contribution in [2.24, 2.45) is 5.10 Å². The van der Waals surface area contributed by atoms with Crippen LogP contribution in [0, 0.1) is 13.8 Å². The molecule has 0 unspecified atom stereocenters. The third-order valence-corrected chi connectivity index (χ3v) is 4.46. The molecule has 3 N–H and O–H groups in total. The zero-order chi connectivity index (χ0) is 15.6. The van der Waals surface area contributed by atoms with Gasteiger partial charge in [-0.15, -0.1) is 0 Å². The van der Waals surface area contributed by atoms with Crippen molar-refractivity contribution in [2.75, 3.05) is 5.43 Å². The average Bonchev–Trinajstić information content (AvgIpc) is 2.46. The molecule has 0 bridgehead atoms. The molecule has 110 valence electrons.